The minimum absolute atomic E-state index is 0.0408. The molecule has 0 saturated heterocycles. The molecule has 0 aromatic heterocycles. The van der Waals surface area contributed by atoms with Crippen LogP contribution in [0.3, 0.4) is 0 Å². The van der Waals surface area contributed by atoms with E-state index in [9.17, 15) is 0 Å². The zero-order valence-electron chi connectivity index (χ0n) is 11.7. The summed E-state index contributed by atoms with van der Waals surface area (Å²) in [6, 6.07) is 5.94. The van der Waals surface area contributed by atoms with Gasteiger partial charge in [0.15, 0.2) is 0 Å². The molecule has 0 amide bonds. The van der Waals surface area contributed by atoms with Crippen LogP contribution in [0.25, 0.3) is 0 Å². The summed E-state index contributed by atoms with van der Waals surface area (Å²) in [5, 5.41) is 0. The highest BCUT2D eigenvalue weighted by atomic mass is 79.9. The van der Waals surface area contributed by atoms with Crippen molar-refractivity contribution in [1.82, 2.24) is 0 Å². The summed E-state index contributed by atoms with van der Waals surface area (Å²) in [6.45, 7) is 0. The standard InChI is InChI=1S/C15H21BrO3/c1-17-11-5-6-12(14(9-11)18-2)13(16)10-15(19-3)7-4-8-15/h5-6,9,13H,4,7-8,10H2,1-3H3. The first kappa shape index (κ1) is 14.7. The zero-order valence-corrected chi connectivity index (χ0v) is 13.3. The quantitative estimate of drug-likeness (QED) is 0.736. The molecule has 0 bridgehead atoms. The van der Waals surface area contributed by atoms with Gasteiger partial charge in [-0.3, -0.25) is 0 Å². The van der Waals surface area contributed by atoms with E-state index in [-0.39, 0.29) is 10.4 Å². The SMILES string of the molecule is COc1ccc(C(Br)CC2(OC)CCC2)c(OC)c1. The van der Waals surface area contributed by atoms with Crippen LogP contribution >= 0.6 is 15.9 Å². The third kappa shape index (κ3) is 3.06. The van der Waals surface area contributed by atoms with Crippen LogP contribution in [0.4, 0.5) is 0 Å². The third-order valence-electron chi connectivity index (χ3n) is 4.03. The Labute approximate surface area is 123 Å². The number of halogens is 1. The van der Waals surface area contributed by atoms with Gasteiger partial charge < -0.3 is 14.2 Å². The van der Waals surface area contributed by atoms with E-state index >= 15 is 0 Å². The maximum atomic E-state index is 5.69. The molecule has 1 atom stereocenters. The smallest absolute Gasteiger partial charge is 0.126 e. The predicted octanol–water partition coefficient (Wildman–Crippen LogP) is 4.10. The fraction of sp³-hybridized carbons (Fsp3) is 0.600. The van der Waals surface area contributed by atoms with Crippen molar-refractivity contribution < 1.29 is 14.2 Å². The molecular formula is C15H21BrO3. The molecule has 1 saturated carbocycles. The minimum atomic E-state index is 0.0408. The number of benzene rings is 1. The highest BCUT2D eigenvalue weighted by Gasteiger charge is 2.39. The summed E-state index contributed by atoms with van der Waals surface area (Å²) < 4.78 is 16.4. The first-order chi connectivity index (χ1) is 9.14. The van der Waals surface area contributed by atoms with Crippen molar-refractivity contribution in [2.24, 2.45) is 0 Å². The van der Waals surface area contributed by atoms with Crippen molar-refractivity contribution in [3.05, 3.63) is 23.8 Å². The van der Waals surface area contributed by atoms with Crippen LogP contribution in [-0.2, 0) is 4.74 Å². The van der Waals surface area contributed by atoms with Gasteiger partial charge in [-0.1, -0.05) is 22.0 Å². The largest absolute Gasteiger partial charge is 0.497 e. The molecule has 1 aliphatic carbocycles. The summed E-state index contributed by atoms with van der Waals surface area (Å²) in [6.07, 6.45) is 4.51. The minimum Gasteiger partial charge on any atom is -0.497 e. The summed E-state index contributed by atoms with van der Waals surface area (Å²) in [7, 11) is 5.16. The highest BCUT2D eigenvalue weighted by Crippen LogP contribution is 2.46. The first-order valence-corrected chi connectivity index (χ1v) is 7.47. The lowest BCUT2D eigenvalue weighted by Crippen LogP contribution is -2.39. The Morgan fingerprint density at radius 3 is 2.42 bits per heavy atom. The zero-order chi connectivity index (χ0) is 13.9. The van der Waals surface area contributed by atoms with Crippen LogP contribution in [0.1, 0.15) is 36.1 Å². The average Bonchev–Trinajstić information content (AvgIpc) is 2.41. The highest BCUT2D eigenvalue weighted by molar-refractivity contribution is 9.09. The molecule has 1 aromatic carbocycles. The monoisotopic (exact) mass is 328 g/mol. The molecule has 106 valence electrons. The van der Waals surface area contributed by atoms with E-state index in [1.807, 2.05) is 19.2 Å². The second-order valence-corrected chi connectivity index (χ2v) is 6.13. The van der Waals surface area contributed by atoms with Crippen LogP contribution in [-0.4, -0.2) is 26.9 Å². The Morgan fingerprint density at radius 2 is 1.95 bits per heavy atom. The molecule has 3 nitrogen and oxygen atoms in total. The maximum Gasteiger partial charge on any atom is 0.126 e. The van der Waals surface area contributed by atoms with Gasteiger partial charge in [-0.15, -0.1) is 0 Å². The van der Waals surface area contributed by atoms with Gasteiger partial charge in [0.25, 0.3) is 0 Å². The maximum absolute atomic E-state index is 5.69. The fourth-order valence-electron chi connectivity index (χ4n) is 2.58. The average molecular weight is 329 g/mol. The Balaban J connectivity index is 2.16. The van der Waals surface area contributed by atoms with Crippen molar-refractivity contribution >= 4 is 15.9 Å². The van der Waals surface area contributed by atoms with Crippen LogP contribution in [0, 0.1) is 0 Å². The second-order valence-electron chi connectivity index (χ2n) is 5.02. The summed E-state index contributed by atoms with van der Waals surface area (Å²) in [5.41, 5.74) is 1.19. The number of ether oxygens (including phenoxy) is 3. The van der Waals surface area contributed by atoms with E-state index in [1.165, 1.54) is 6.42 Å². The number of rotatable bonds is 6. The van der Waals surface area contributed by atoms with Gasteiger partial charge in [0, 0.05) is 23.6 Å². The summed E-state index contributed by atoms with van der Waals surface area (Å²) in [5.74, 6) is 1.66. The molecule has 2 rings (SSSR count). The molecule has 0 spiro atoms. The van der Waals surface area contributed by atoms with Gasteiger partial charge >= 0.3 is 0 Å². The molecule has 0 N–H and O–H groups in total. The lowest BCUT2D eigenvalue weighted by atomic mass is 9.76. The molecule has 0 radical (unpaired) electrons. The van der Waals surface area contributed by atoms with Gasteiger partial charge in [-0.25, -0.2) is 0 Å². The van der Waals surface area contributed by atoms with E-state index in [0.29, 0.717) is 0 Å². The van der Waals surface area contributed by atoms with Crippen molar-refractivity contribution in [3.63, 3.8) is 0 Å². The molecule has 1 unspecified atom stereocenters. The van der Waals surface area contributed by atoms with Gasteiger partial charge in [0.05, 0.1) is 19.8 Å². The molecule has 0 heterocycles. The van der Waals surface area contributed by atoms with E-state index in [4.69, 9.17) is 14.2 Å². The van der Waals surface area contributed by atoms with Crippen LogP contribution < -0.4 is 9.47 Å². The molecule has 19 heavy (non-hydrogen) atoms. The first-order valence-electron chi connectivity index (χ1n) is 6.55. The lowest BCUT2D eigenvalue weighted by molar-refractivity contribution is -0.0773. The van der Waals surface area contributed by atoms with Crippen LogP contribution in [0.15, 0.2) is 18.2 Å². The molecular weight excluding hydrogens is 308 g/mol. The lowest BCUT2D eigenvalue weighted by Gasteiger charge is -2.42. The Hall–Kier alpha value is -0.740. The third-order valence-corrected chi connectivity index (χ3v) is 4.84. The van der Waals surface area contributed by atoms with E-state index in [1.54, 1.807) is 14.2 Å². The number of methoxy groups -OCH3 is 3. The molecule has 1 aliphatic rings. The van der Waals surface area contributed by atoms with Gasteiger partial charge in [-0.05, 0) is 31.7 Å². The molecule has 1 fully saturated rings. The van der Waals surface area contributed by atoms with Crippen molar-refractivity contribution in [2.45, 2.75) is 36.1 Å². The Morgan fingerprint density at radius 1 is 1.21 bits per heavy atom. The molecule has 4 heteroatoms. The number of hydrogen-bond acceptors (Lipinski definition) is 3. The van der Waals surface area contributed by atoms with Crippen LogP contribution in [0.2, 0.25) is 0 Å². The topological polar surface area (TPSA) is 27.7 Å². The number of hydrogen-bond donors (Lipinski definition) is 0. The molecule has 1 aromatic rings. The van der Waals surface area contributed by atoms with E-state index in [0.717, 1.165) is 36.3 Å². The fourth-order valence-corrected chi connectivity index (χ4v) is 3.54. The van der Waals surface area contributed by atoms with E-state index in [2.05, 4.69) is 22.0 Å². The Bertz CT molecular complexity index is 424. The summed E-state index contributed by atoms with van der Waals surface area (Å²) >= 11 is 3.77. The Kier molecular flexibility index (Phi) is 4.74. The molecule has 0 aliphatic heterocycles. The predicted molar refractivity (Wildman–Crippen MR) is 79.4 cm³/mol. The second kappa shape index (κ2) is 6.14. The van der Waals surface area contributed by atoms with Gasteiger partial charge in [0.2, 0.25) is 0 Å². The van der Waals surface area contributed by atoms with Crippen molar-refractivity contribution in [3.8, 4) is 11.5 Å². The van der Waals surface area contributed by atoms with Crippen molar-refractivity contribution in [2.75, 3.05) is 21.3 Å². The normalized spacial score (nSPS) is 18.5. The number of alkyl halides is 1. The van der Waals surface area contributed by atoms with Gasteiger partial charge in [0.1, 0.15) is 11.5 Å². The summed E-state index contributed by atoms with van der Waals surface area (Å²) in [4.78, 5) is 0.230. The van der Waals surface area contributed by atoms with Gasteiger partial charge in [-0.2, -0.15) is 0 Å². The van der Waals surface area contributed by atoms with Crippen LogP contribution in [0.5, 0.6) is 11.5 Å². The van der Waals surface area contributed by atoms with Crippen molar-refractivity contribution in [1.29, 1.82) is 0 Å². The van der Waals surface area contributed by atoms with E-state index < -0.39 is 0 Å².